The molecule has 0 saturated heterocycles. The summed E-state index contributed by atoms with van der Waals surface area (Å²) in [4.78, 5) is 0. The third-order valence-corrected chi connectivity index (χ3v) is 2.60. The van der Waals surface area contributed by atoms with Gasteiger partial charge in [-0.2, -0.15) is 5.26 Å². The zero-order chi connectivity index (χ0) is 12.3. The van der Waals surface area contributed by atoms with Crippen LogP contribution in [0.25, 0.3) is 0 Å². The van der Waals surface area contributed by atoms with E-state index >= 15 is 0 Å². The Morgan fingerprint density at radius 1 is 0.941 bits per heavy atom. The van der Waals surface area contributed by atoms with Crippen molar-refractivity contribution in [3.8, 4) is 6.07 Å². The molecule has 0 amide bonds. The van der Waals surface area contributed by atoms with Crippen molar-refractivity contribution in [2.24, 2.45) is 0 Å². The van der Waals surface area contributed by atoms with Gasteiger partial charge < -0.3 is 5.73 Å². The van der Waals surface area contributed by atoms with Crippen LogP contribution in [0.4, 0.5) is 10.1 Å². The second-order valence-corrected chi connectivity index (χ2v) is 3.78. The molecule has 0 spiro atoms. The third-order valence-electron chi connectivity index (χ3n) is 2.60. The van der Waals surface area contributed by atoms with Gasteiger partial charge in [-0.05, 0) is 35.4 Å². The van der Waals surface area contributed by atoms with E-state index in [4.69, 9.17) is 5.73 Å². The predicted molar refractivity (Wildman–Crippen MR) is 64.7 cm³/mol. The fourth-order valence-electron chi connectivity index (χ4n) is 1.69. The van der Waals surface area contributed by atoms with E-state index in [0.29, 0.717) is 5.69 Å². The van der Waals surface area contributed by atoms with Gasteiger partial charge in [0.15, 0.2) is 0 Å². The lowest BCUT2D eigenvalue weighted by Crippen LogP contribution is -1.98. The predicted octanol–water partition coefficient (Wildman–Crippen LogP) is 3.06. The van der Waals surface area contributed by atoms with Crippen LogP contribution in [-0.2, 0) is 0 Å². The van der Waals surface area contributed by atoms with Crippen LogP contribution in [0.5, 0.6) is 0 Å². The zero-order valence-corrected chi connectivity index (χ0v) is 9.10. The quantitative estimate of drug-likeness (QED) is 0.800. The van der Waals surface area contributed by atoms with Crippen LogP contribution in [0.2, 0.25) is 0 Å². The molecule has 0 fully saturated rings. The SMILES string of the molecule is N#C[C@@H](c1ccc(N)cc1)c1ccc(F)cc1. The van der Waals surface area contributed by atoms with Crippen LogP contribution in [0.15, 0.2) is 48.5 Å². The minimum absolute atomic E-state index is 0.303. The van der Waals surface area contributed by atoms with E-state index in [1.165, 1.54) is 12.1 Å². The summed E-state index contributed by atoms with van der Waals surface area (Å²) in [6, 6.07) is 15.3. The van der Waals surface area contributed by atoms with Crippen LogP contribution in [0.1, 0.15) is 17.0 Å². The number of nitrogen functional groups attached to an aromatic ring is 1. The summed E-state index contributed by atoms with van der Waals surface area (Å²) >= 11 is 0. The maximum atomic E-state index is 12.8. The average Bonchev–Trinajstić information content (AvgIpc) is 2.35. The summed E-state index contributed by atoms with van der Waals surface area (Å²) in [6.45, 7) is 0. The van der Waals surface area contributed by atoms with Gasteiger partial charge in [0, 0.05) is 5.69 Å². The van der Waals surface area contributed by atoms with Gasteiger partial charge in [0.25, 0.3) is 0 Å². The van der Waals surface area contributed by atoms with E-state index in [9.17, 15) is 9.65 Å². The monoisotopic (exact) mass is 226 g/mol. The molecule has 2 aromatic carbocycles. The summed E-state index contributed by atoms with van der Waals surface area (Å²) in [5, 5.41) is 9.20. The smallest absolute Gasteiger partial charge is 0.123 e. The Hall–Kier alpha value is -2.34. The van der Waals surface area contributed by atoms with Crippen molar-refractivity contribution < 1.29 is 4.39 Å². The lowest BCUT2D eigenvalue weighted by Gasteiger charge is -2.10. The van der Waals surface area contributed by atoms with Gasteiger partial charge in [-0.25, -0.2) is 4.39 Å². The third kappa shape index (κ3) is 2.43. The highest BCUT2D eigenvalue weighted by molar-refractivity contribution is 5.45. The summed E-state index contributed by atoms with van der Waals surface area (Å²) in [7, 11) is 0. The zero-order valence-electron chi connectivity index (χ0n) is 9.10. The van der Waals surface area contributed by atoms with Gasteiger partial charge in [0.1, 0.15) is 5.82 Å². The number of nitriles is 1. The molecule has 3 heteroatoms. The Labute approximate surface area is 99.1 Å². The lowest BCUT2D eigenvalue weighted by molar-refractivity contribution is 0.627. The van der Waals surface area contributed by atoms with E-state index in [1.807, 2.05) is 12.1 Å². The highest BCUT2D eigenvalue weighted by atomic mass is 19.1. The maximum absolute atomic E-state index is 12.8. The van der Waals surface area contributed by atoms with Crippen LogP contribution in [0.3, 0.4) is 0 Å². The van der Waals surface area contributed by atoms with Crippen molar-refractivity contribution >= 4 is 5.69 Å². The van der Waals surface area contributed by atoms with Crippen LogP contribution in [-0.4, -0.2) is 0 Å². The first-order valence-corrected chi connectivity index (χ1v) is 5.21. The highest BCUT2D eigenvalue weighted by Crippen LogP contribution is 2.24. The molecule has 2 aromatic rings. The fourth-order valence-corrected chi connectivity index (χ4v) is 1.69. The molecule has 0 saturated carbocycles. The Bertz CT molecular complexity index is 492. The molecule has 2 rings (SSSR count). The number of halogens is 1. The Morgan fingerprint density at radius 2 is 1.41 bits per heavy atom. The Balaban J connectivity index is 2.37. The topological polar surface area (TPSA) is 49.8 Å². The molecule has 0 aliphatic rings. The number of nitrogens with zero attached hydrogens (tertiary/aromatic N) is 1. The molecule has 0 bridgehead atoms. The van der Waals surface area contributed by atoms with E-state index in [-0.39, 0.29) is 5.82 Å². The van der Waals surface area contributed by atoms with Crippen molar-refractivity contribution in [1.29, 1.82) is 5.26 Å². The number of rotatable bonds is 2. The molecule has 0 aliphatic heterocycles. The summed E-state index contributed by atoms with van der Waals surface area (Å²) in [5.41, 5.74) is 7.88. The standard InChI is InChI=1S/C14H11FN2/c15-12-5-1-10(2-6-12)14(9-16)11-3-7-13(17)8-4-11/h1-8,14H,17H2/t14-/m1/s1. The molecule has 0 radical (unpaired) electrons. The maximum Gasteiger partial charge on any atom is 0.123 e. The molecular formula is C14H11FN2. The molecular weight excluding hydrogens is 215 g/mol. The van der Waals surface area contributed by atoms with Crippen molar-refractivity contribution in [3.63, 3.8) is 0 Å². The Kier molecular flexibility index (Phi) is 3.06. The fraction of sp³-hybridized carbons (Fsp3) is 0.0714. The first-order valence-electron chi connectivity index (χ1n) is 5.21. The molecule has 17 heavy (non-hydrogen) atoms. The normalized spacial score (nSPS) is 11.8. The first kappa shape index (κ1) is 11.2. The molecule has 1 atom stereocenters. The minimum atomic E-state index is -0.392. The summed E-state index contributed by atoms with van der Waals surface area (Å²) in [6.07, 6.45) is 0. The van der Waals surface area contributed by atoms with Crippen molar-refractivity contribution in [3.05, 3.63) is 65.5 Å². The van der Waals surface area contributed by atoms with Gasteiger partial charge >= 0.3 is 0 Å². The first-order chi connectivity index (χ1) is 8.20. The van der Waals surface area contributed by atoms with E-state index in [0.717, 1.165) is 11.1 Å². The van der Waals surface area contributed by atoms with Crippen LogP contribution < -0.4 is 5.73 Å². The second kappa shape index (κ2) is 4.67. The van der Waals surface area contributed by atoms with Gasteiger partial charge in [-0.15, -0.1) is 0 Å². The van der Waals surface area contributed by atoms with Crippen molar-refractivity contribution in [1.82, 2.24) is 0 Å². The van der Waals surface area contributed by atoms with Gasteiger partial charge in [-0.1, -0.05) is 24.3 Å². The summed E-state index contributed by atoms with van der Waals surface area (Å²) < 4.78 is 12.8. The number of anilines is 1. The lowest BCUT2D eigenvalue weighted by atomic mass is 9.92. The molecule has 0 aliphatic carbocycles. The Morgan fingerprint density at radius 3 is 1.88 bits per heavy atom. The summed E-state index contributed by atoms with van der Waals surface area (Å²) in [5.74, 6) is -0.695. The van der Waals surface area contributed by atoms with Crippen molar-refractivity contribution in [2.75, 3.05) is 5.73 Å². The molecule has 2 N–H and O–H groups in total. The number of hydrogen-bond donors (Lipinski definition) is 1. The van der Waals surface area contributed by atoms with E-state index in [2.05, 4.69) is 6.07 Å². The molecule has 84 valence electrons. The molecule has 0 unspecified atom stereocenters. The van der Waals surface area contributed by atoms with Gasteiger partial charge in [0.05, 0.1) is 12.0 Å². The van der Waals surface area contributed by atoms with Crippen molar-refractivity contribution in [2.45, 2.75) is 5.92 Å². The van der Waals surface area contributed by atoms with Crippen LogP contribution >= 0.6 is 0 Å². The van der Waals surface area contributed by atoms with Gasteiger partial charge in [0.2, 0.25) is 0 Å². The highest BCUT2D eigenvalue weighted by Gasteiger charge is 2.12. The van der Waals surface area contributed by atoms with Crippen LogP contribution in [0, 0.1) is 17.1 Å². The molecule has 0 aromatic heterocycles. The second-order valence-electron chi connectivity index (χ2n) is 3.78. The number of hydrogen-bond acceptors (Lipinski definition) is 2. The number of benzene rings is 2. The largest absolute Gasteiger partial charge is 0.399 e. The molecule has 2 nitrogen and oxygen atoms in total. The average molecular weight is 226 g/mol. The minimum Gasteiger partial charge on any atom is -0.399 e. The van der Waals surface area contributed by atoms with E-state index in [1.54, 1.807) is 24.3 Å². The van der Waals surface area contributed by atoms with Gasteiger partial charge in [-0.3, -0.25) is 0 Å². The van der Waals surface area contributed by atoms with E-state index < -0.39 is 5.92 Å². The number of nitrogens with two attached hydrogens (primary N) is 1. The molecule has 0 heterocycles.